The van der Waals surface area contributed by atoms with Gasteiger partial charge in [-0.25, -0.2) is 8.42 Å². The minimum absolute atomic E-state index is 0.0324. The molecule has 132 valence electrons. The van der Waals surface area contributed by atoms with E-state index in [4.69, 9.17) is 0 Å². The van der Waals surface area contributed by atoms with E-state index in [9.17, 15) is 18.0 Å². The molecule has 0 saturated carbocycles. The number of hydrogen-bond donors (Lipinski definition) is 1. The van der Waals surface area contributed by atoms with E-state index in [-0.39, 0.29) is 35.1 Å². The van der Waals surface area contributed by atoms with Gasteiger partial charge in [-0.2, -0.15) is 0 Å². The Morgan fingerprint density at radius 1 is 1.42 bits per heavy atom. The maximum Gasteiger partial charge on any atom is 0.272 e. The molecule has 1 aromatic rings. The molecule has 0 spiro atoms. The van der Waals surface area contributed by atoms with E-state index in [0.29, 0.717) is 18.5 Å². The van der Waals surface area contributed by atoms with Crippen LogP contribution in [0.4, 0.5) is 0 Å². The summed E-state index contributed by atoms with van der Waals surface area (Å²) in [7, 11) is -1.35. The first-order chi connectivity index (χ1) is 11.3. The molecule has 1 aliphatic rings. The maximum absolute atomic E-state index is 12.3. The standard InChI is InChI=1S/C16H23N3O4S/c1-3-4-8-19(2)16(21)14-10-12(5-7-17-14)15(20)18-13-6-9-24(22,23)11-13/h5,7,10,13H,3-4,6,8-9,11H2,1-2H3,(H,18,20). The Labute approximate surface area is 142 Å². The van der Waals surface area contributed by atoms with E-state index in [0.717, 1.165) is 12.8 Å². The summed E-state index contributed by atoms with van der Waals surface area (Å²) in [6.07, 6.45) is 3.72. The number of nitrogens with one attached hydrogen (secondary N) is 1. The molecule has 0 aliphatic carbocycles. The fourth-order valence-electron chi connectivity index (χ4n) is 2.56. The van der Waals surface area contributed by atoms with E-state index in [2.05, 4.69) is 10.3 Å². The number of amides is 2. The number of pyridine rings is 1. The molecule has 1 N–H and O–H groups in total. The Morgan fingerprint density at radius 2 is 2.17 bits per heavy atom. The number of aromatic nitrogens is 1. The average molecular weight is 353 g/mol. The van der Waals surface area contributed by atoms with Crippen molar-refractivity contribution < 1.29 is 18.0 Å². The molecule has 1 atom stereocenters. The number of hydrogen-bond acceptors (Lipinski definition) is 5. The summed E-state index contributed by atoms with van der Waals surface area (Å²) in [6.45, 7) is 2.68. The van der Waals surface area contributed by atoms with Crippen molar-refractivity contribution in [3.8, 4) is 0 Å². The van der Waals surface area contributed by atoms with Crippen LogP contribution in [0.1, 0.15) is 47.0 Å². The van der Waals surface area contributed by atoms with Crippen LogP contribution in [0.5, 0.6) is 0 Å². The molecule has 1 saturated heterocycles. The fourth-order valence-corrected chi connectivity index (χ4v) is 4.23. The third-order valence-corrected chi connectivity index (χ3v) is 5.77. The molecule has 0 radical (unpaired) electrons. The molecule has 1 aromatic heterocycles. The molecule has 2 rings (SSSR count). The molecule has 0 bridgehead atoms. The van der Waals surface area contributed by atoms with Gasteiger partial charge in [0.15, 0.2) is 9.84 Å². The molecule has 1 unspecified atom stereocenters. The van der Waals surface area contributed by atoms with Gasteiger partial charge in [0.2, 0.25) is 0 Å². The lowest BCUT2D eigenvalue weighted by Crippen LogP contribution is -2.36. The summed E-state index contributed by atoms with van der Waals surface area (Å²) < 4.78 is 22.9. The Bertz CT molecular complexity index is 718. The molecule has 1 fully saturated rings. The third-order valence-electron chi connectivity index (χ3n) is 4.00. The topological polar surface area (TPSA) is 96.4 Å². The van der Waals surface area contributed by atoms with Crippen LogP contribution in [0.3, 0.4) is 0 Å². The van der Waals surface area contributed by atoms with Gasteiger partial charge in [-0.15, -0.1) is 0 Å². The molecule has 1 aliphatic heterocycles. The smallest absolute Gasteiger partial charge is 0.272 e. The number of rotatable bonds is 6. The SMILES string of the molecule is CCCCN(C)C(=O)c1cc(C(=O)NC2CCS(=O)(=O)C2)ccn1. The lowest BCUT2D eigenvalue weighted by molar-refractivity contribution is 0.0787. The summed E-state index contributed by atoms with van der Waals surface area (Å²) in [5.41, 5.74) is 0.516. The molecule has 7 nitrogen and oxygen atoms in total. The first-order valence-electron chi connectivity index (χ1n) is 8.05. The molecule has 0 aromatic carbocycles. The predicted molar refractivity (Wildman–Crippen MR) is 90.6 cm³/mol. The van der Waals surface area contributed by atoms with E-state index in [1.54, 1.807) is 11.9 Å². The van der Waals surface area contributed by atoms with Gasteiger partial charge >= 0.3 is 0 Å². The van der Waals surface area contributed by atoms with Crippen LogP contribution in [0.15, 0.2) is 18.3 Å². The van der Waals surface area contributed by atoms with Crippen molar-refractivity contribution in [1.29, 1.82) is 0 Å². The molecule has 2 heterocycles. The van der Waals surface area contributed by atoms with Gasteiger partial charge < -0.3 is 10.2 Å². The molecule has 24 heavy (non-hydrogen) atoms. The maximum atomic E-state index is 12.3. The Hall–Kier alpha value is -1.96. The first kappa shape index (κ1) is 18.4. The van der Waals surface area contributed by atoms with Gasteiger partial charge in [-0.1, -0.05) is 13.3 Å². The van der Waals surface area contributed by atoms with E-state index >= 15 is 0 Å². The Morgan fingerprint density at radius 3 is 2.79 bits per heavy atom. The largest absolute Gasteiger partial charge is 0.348 e. The minimum atomic E-state index is -3.05. The van der Waals surface area contributed by atoms with Crippen LogP contribution in [0.25, 0.3) is 0 Å². The van der Waals surface area contributed by atoms with Gasteiger partial charge in [0, 0.05) is 31.4 Å². The lowest BCUT2D eigenvalue weighted by Gasteiger charge is -2.16. The zero-order chi connectivity index (χ0) is 17.7. The highest BCUT2D eigenvalue weighted by Gasteiger charge is 2.29. The van der Waals surface area contributed by atoms with Crippen molar-refractivity contribution in [2.24, 2.45) is 0 Å². The van der Waals surface area contributed by atoms with Crippen LogP contribution < -0.4 is 5.32 Å². The summed E-state index contributed by atoms with van der Waals surface area (Å²) in [5, 5.41) is 2.71. The van der Waals surface area contributed by atoms with Crippen LogP contribution in [-0.4, -0.2) is 61.3 Å². The van der Waals surface area contributed by atoms with E-state index in [1.807, 2.05) is 6.92 Å². The predicted octanol–water partition coefficient (Wildman–Crippen LogP) is 0.871. The van der Waals surface area contributed by atoms with Crippen molar-refractivity contribution in [2.45, 2.75) is 32.2 Å². The molecule has 8 heteroatoms. The third kappa shape index (κ3) is 4.77. The van der Waals surface area contributed by atoms with Gasteiger partial charge in [-0.3, -0.25) is 14.6 Å². The van der Waals surface area contributed by atoms with Crippen molar-refractivity contribution >= 4 is 21.7 Å². The van der Waals surface area contributed by atoms with Crippen molar-refractivity contribution in [3.05, 3.63) is 29.6 Å². The number of sulfone groups is 1. The monoisotopic (exact) mass is 353 g/mol. The molecule has 2 amide bonds. The van der Waals surface area contributed by atoms with E-state index < -0.39 is 9.84 Å². The number of nitrogens with zero attached hydrogens (tertiary/aromatic N) is 2. The van der Waals surface area contributed by atoms with Gasteiger partial charge in [0.05, 0.1) is 11.5 Å². The molecular formula is C16H23N3O4S. The highest BCUT2D eigenvalue weighted by atomic mass is 32.2. The first-order valence-corrected chi connectivity index (χ1v) is 9.87. The summed E-state index contributed by atoms with van der Waals surface area (Å²) in [6, 6.07) is 2.59. The average Bonchev–Trinajstić information content (AvgIpc) is 2.90. The second-order valence-corrected chi connectivity index (χ2v) is 8.31. The second kappa shape index (κ2) is 7.74. The van der Waals surface area contributed by atoms with Gasteiger partial charge in [0.25, 0.3) is 11.8 Å². The second-order valence-electron chi connectivity index (χ2n) is 6.08. The highest BCUT2D eigenvalue weighted by Crippen LogP contribution is 2.13. The van der Waals surface area contributed by atoms with Gasteiger partial charge in [-0.05, 0) is 25.0 Å². The number of carbonyl (C=O) groups is 2. The van der Waals surface area contributed by atoms with Crippen molar-refractivity contribution in [3.63, 3.8) is 0 Å². The van der Waals surface area contributed by atoms with Crippen molar-refractivity contribution in [1.82, 2.24) is 15.2 Å². The van der Waals surface area contributed by atoms with Crippen LogP contribution in [0, 0.1) is 0 Å². The summed E-state index contributed by atoms with van der Waals surface area (Å²) in [4.78, 5) is 30.2. The highest BCUT2D eigenvalue weighted by molar-refractivity contribution is 7.91. The summed E-state index contributed by atoms with van der Waals surface area (Å²) in [5.74, 6) is -0.554. The number of unbranched alkanes of at least 4 members (excludes halogenated alkanes) is 1. The zero-order valence-electron chi connectivity index (χ0n) is 14.0. The Kier molecular flexibility index (Phi) is 5.93. The Balaban J connectivity index is 2.04. The summed E-state index contributed by atoms with van der Waals surface area (Å²) >= 11 is 0. The fraction of sp³-hybridized carbons (Fsp3) is 0.562. The number of carbonyl (C=O) groups excluding carboxylic acids is 2. The van der Waals surface area contributed by atoms with E-state index in [1.165, 1.54) is 18.3 Å². The van der Waals surface area contributed by atoms with Gasteiger partial charge in [0.1, 0.15) is 5.69 Å². The molecular weight excluding hydrogens is 330 g/mol. The minimum Gasteiger partial charge on any atom is -0.348 e. The lowest BCUT2D eigenvalue weighted by atomic mass is 10.1. The van der Waals surface area contributed by atoms with Crippen LogP contribution >= 0.6 is 0 Å². The zero-order valence-corrected chi connectivity index (χ0v) is 14.8. The normalized spacial score (nSPS) is 19.0. The van der Waals surface area contributed by atoms with Crippen LogP contribution in [0.2, 0.25) is 0 Å². The van der Waals surface area contributed by atoms with Crippen molar-refractivity contribution in [2.75, 3.05) is 25.1 Å². The van der Waals surface area contributed by atoms with Crippen LogP contribution in [-0.2, 0) is 9.84 Å². The quantitative estimate of drug-likeness (QED) is 0.818.